The number of ether oxygens (including phenoxy) is 1. The monoisotopic (exact) mass is 225 g/mol. The fourth-order valence-electron chi connectivity index (χ4n) is 1.18. The van der Waals surface area contributed by atoms with Crippen molar-refractivity contribution in [3.8, 4) is 16.5 Å². The molecule has 0 aliphatic carbocycles. The van der Waals surface area contributed by atoms with Gasteiger partial charge in [0, 0.05) is 13.0 Å². The summed E-state index contributed by atoms with van der Waals surface area (Å²) in [5, 5.41) is 9.75. The van der Waals surface area contributed by atoms with Crippen molar-refractivity contribution in [3.63, 3.8) is 0 Å². The highest BCUT2D eigenvalue weighted by molar-refractivity contribution is 7.13. The molecule has 2 heterocycles. The minimum absolute atomic E-state index is 0.491. The summed E-state index contributed by atoms with van der Waals surface area (Å²) in [4.78, 5) is 0.855. The molecule has 0 saturated carbocycles. The van der Waals surface area contributed by atoms with Gasteiger partial charge in [-0.15, -0.1) is 21.5 Å². The van der Waals surface area contributed by atoms with Crippen molar-refractivity contribution in [2.24, 2.45) is 5.73 Å². The Labute approximate surface area is 90.9 Å². The highest BCUT2D eigenvalue weighted by Crippen LogP contribution is 2.34. The van der Waals surface area contributed by atoms with Crippen molar-refractivity contribution in [1.29, 1.82) is 0 Å². The third kappa shape index (κ3) is 2.00. The van der Waals surface area contributed by atoms with Gasteiger partial charge in [0.1, 0.15) is 10.6 Å². The van der Waals surface area contributed by atoms with Gasteiger partial charge in [0.2, 0.25) is 5.89 Å². The van der Waals surface area contributed by atoms with E-state index in [0.29, 0.717) is 24.7 Å². The molecule has 15 heavy (non-hydrogen) atoms. The first-order chi connectivity index (χ1) is 7.35. The van der Waals surface area contributed by atoms with E-state index in [2.05, 4.69) is 10.2 Å². The van der Waals surface area contributed by atoms with Crippen LogP contribution in [0, 0.1) is 0 Å². The van der Waals surface area contributed by atoms with E-state index >= 15 is 0 Å². The molecule has 2 N–H and O–H groups in total. The maximum Gasteiger partial charge on any atom is 0.261 e. The van der Waals surface area contributed by atoms with Crippen molar-refractivity contribution >= 4 is 11.3 Å². The maximum absolute atomic E-state index is 5.44. The van der Waals surface area contributed by atoms with Crippen molar-refractivity contribution in [2.45, 2.75) is 6.42 Å². The zero-order valence-electron chi connectivity index (χ0n) is 8.27. The molecule has 5 nitrogen and oxygen atoms in total. The van der Waals surface area contributed by atoms with E-state index < -0.39 is 0 Å². The fourth-order valence-corrected chi connectivity index (χ4v) is 1.96. The van der Waals surface area contributed by atoms with Gasteiger partial charge in [0.25, 0.3) is 5.89 Å². The molecular formula is C9H11N3O2S. The van der Waals surface area contributed by atoms with Gasteiger partial charge in [-0.05, 0) is 11.4 Å². The highest BCUT2D eigenvalue weighted by Gasteiger charge is 2.14. The maximum atomic E-state index is 5.44. The second kappa shape index (κ2) is 4.41. The Hall–Kier alpha value is -1.40. The van der Waals surface area contributed by atoms with Gasteiger partial charge >= 0.3 is 0 Å². The van der Waals surface area contributed by atoms with Crippen molar-refractivity contribution in [1.82, 2.24) is 10.2 Å². The Kier molecular flexibility index (Phi) is 2.98. The molecule has 0 amide bonds. The summed E-state index contributed by atoms with van der Waals surface area (Å²) in [5.74, 6) is 1.80. The van der Waals surface area contributed by atoms with Crippen LogP contribution < -0.4 is 10.5 Å². The van der Waals surface area contributed by atoms with Crippen molar-refractivity contribution < 1.29 is 9.15 Å². The third-order valence-corrected chi connectivity index (χ3v) is 2.75. The Morgan fingerprint density at radius 3 is 3.13 bits per heavy atom. The van der Waals surface area contributed by atoms with Gasteiger partial charge < -0.3 is 14.9 Å². The minimum Gasteiger partial charge on any atom is -0.495 e. The summed E-state index contributed by atoms with van der Waals surface area (Å²) in [6.45, 7) is 0.503. The van der Waals surface area contributed by atoms with Crippen LogP contribution in [0.1, 0.15) is 5.89 Å². The van der Waals surface area contributed by atoms with E-state index in [1.54, 1.807) is 7.11 Å². The number of thiophene rings is 1. The van der Waals surface area contributed by atoms with Crippen LogP contribution >= 0.6 is 11.3 Å². The predicted molar refractivity (Wildman–Crippen MR) is 56.9 cm³/mol. The first-order valence-corrected chi connectivity index (χ1v) is 5.37. The van der Waals surface area contributed by atoms with Gasteiger partial charge in [-0.2, -0.15) is 0 Å². The molecule has 0 bridgehead atoms. The molecule has 0 unspecified atom stereocenters. The molecule has 0 saturated heterocycles. The lowest BCUT2D eigenvalue weighted by Gasteiger charge is -1.96. The molecule has 2 rings (SSSR count). The first kappa shape index (κ1) is 10.1. The van der Waals surface area contributed by atoms with Gasteiger partial charge in [-0.25, -0.2) is 0 Å². The minimum atomic E-state index is 0.491. The molecule has 6 heteroatoms. The van der Waals surface area contributed by atoms with Crippen molar-refractivity contribution in [2.75, 3.05) is 13.7 Å². The van der Waals surface area contributed by atoms with Crippen LogP contribution in [0.3, 0.4) is 0 Å². The number of rotatable bonds is 4. The van der Waals surface area contributed by atoms with E-state index in [9.17, 15) is 0 Å². The van der Waals surface area contributed by atoms with Gasteiger partial charge in [-0.1, -0.05) is 0 Å². The van der Waals surface area contributed by atoms with Gasteiger partial charge in [0.05, 0.1) is 7.11 Å². The molecule has 0 radical (unpaired) electrons. The Bertz CT molecular complexity index is 438. The fraction of sp³-hybridized carbons (Fsp3) is 0.333. The number of hydrogen-bond acceptors (Lipinski definition) is 6. The average molecular weight is 225 g/mol. The molecule has 0 fully saturated rings. The zero-order chi connectivity index (χ0) is 10.7. The molecule has 0 aliphatic rings. The molecule has 80 valence electrons. The van der Waals surface area contributed by atoms with Crippen LogP contribution in [0.2, 0.25) is 0 Å². The van der Waals surface area contributed by atoms with E-state index in [4.69, 9.17) is 14.9 Å². The van der Waals surface area contributed by atoms with Crippen LogP contribution in [-0.4, -0.2) is 23.9 Å². The van der Waals surface area contributed by atoms with E-state index in [1.807, 2.05) is 11.4 Å². The molecule has 0 aliphatic heterocycles. The molecule has 0 atom stereocenters. The van der Waals surface area contributed by atoms with Crippen LogP contribution in [0.15, 0.2) is 15.9 Å². The van der Waals surface area contributed by atoms with Crippen LogP contribution in [0.25, 0.3) is 10.8 Å². The van der Waals surface area contributed by atoms with E-state index in [1.165, 1.54) is 11.3 Å². The van der Waals surface area contributed by atoms with E-state index in [-0.39, 0.29) is 0 Å². The van der Waals surface area contributed by atoms with Crippen molar-refractivity contribution in [3.05, 3.63) is 17.3 Å². The Balaban J connectivity index is 2.28. The number of hydrogen-bond donors (Lipinski definition) is 1. The standard InChI is InChI=1S/C9H11N3O2S/c1-13-6-3-5-15-8(6)9-12-11-7(14-9)2-4-10/h3,5H,2,4,10H2,1H3. The number of nitrogens with two attached hydrogens (primary N) is 1. The summed E-state index contributed by atoms with van der Waals surface area (Å²) >= 11 is 1.51. The second-order valence-electron chi connectivity index (χ2n) is 2.86. The largest absolute Gasteiger partial charge is 0.495 e. The lowest BCUT2D eigenvalue weighted by Crippen LogP contribution is -2.02. The topological polar surface area (TPSA) is 74.2 Å². The van der Waals surface area contributed by atoms with E-state index in [0.717, 1.165) is 10.6 Å². The highest BCUT2D eigenvalue weighted by atomic mass is 32.1. The smallest absolute Gasteiger partial charge is 0.261 e. The molecule has 2 aromatic heterocycles. The Morgan fingerprint density at radius 2 is 2.40 bits per heavy atom. The quantitative estimate of drug-likeness (QED) is 0.849. The summed E-state index contributed by atoms with van der Waals surface area (Å²) in [7, 11) is 1.61. The first-order valence-electron chi connectivity index (χ1n) is 4.49. The zero-order valence-corrected chi connectivity index (χ0v) is 9.08. The van der Waals surface area contributed by atoms with Gasteiger partial charge in [-0.3, -0.25) is 0 Å². The normalized spacial score (nSPS) is 10.5. The summed E-state index contributed by atoms with van der Waals surface area (Å²) in [6, 6.07) is 1.87. The number of aromatic nitrogens is 2. The lowest BCUT2D eigenvalue weighted by atomic mass is 10.4. The summed E-state index contributed by atoms with van der Waals surface area (Å²) < 4.78 is 10.6. The van der Waals surface area contributed by atoms with Crippen LogP contribution in [-0.2, 0) is 6.42 Å². The SMILES string of the molecule is COc1ccsc1-c1nnc(CCN)o1. The Morgan fingerprint density at radius 1 is 1.53 bits per heavy atom. The summed E-state index contributed by atoms with van der Waals surface area (Å²) in [5.41, 5.74) is 5.39. The second-order valence-corrected chi connectivity index (χ2v) is 3.77. The van der Waals surface area contributed by atoms with Crippen LogP contribution in [0.4, 0.5) is 0 Å². The van der Waals surface area contributed by atoms with Gasteiger partial charge in [0.15, 0.2) is 0 Å². The molecular weight excluding hydrogens is 214 g/mol. The lowest BCUT2D eigenvalue weighted by molar-refractivity contribution is 0.415. The number of nitrogens with zero attached hydrogens (tertiary/aromatic N) is 2. The number of methoxy groups -OCH3 is 1. The third-order valence-electron chi connectivity index (χ3n) is 1.87. The average Bonchev–Trinajstić information content (AvgIpc) is 2.84. The van der Waals surface area contributed by atoms with Crippen LogP contribution in [0.5, 0.6) is 5.75 Å². The predicted octanol–water partition coefficient (Wildman–Crippen LogP) is 1.31. The molecule has 2 aromatic rings. The molecule has 0 spiro atoms. The molecule has 0 aromatic carbocycles. The summed E-state index contributed by atoms with van der Waals surface area (Å²) in [6.07, 6.45) is 0.598.